The molecule has 0 rings (SSSR count). The Bertz CT molecular complexity index is 686. The number of hydrogen-bond acceptors (Lipinski definition) is 3. The molecule has 0 saturated heterocycles. The van der Waals surface area contributed by atoms with Gasteiger partial charge in [-0.1, -0.05) is 0 Å². The van der Waals surface area contributed by atoms with E-state index in [4.69, 9.17) is 0 Å². The normalized spacial score (nSPS) is 16.9. The Morgan fingerprint density at radius 2 is 0.690 bits per heavy atom. The number of rotatable bonds is 3. The van der Waals surface area contributed by atoms with Crippen LogP contribution in [-0.2, 0) is 10.1 Å². The summed E-state index contributed by atoms with van der Waals surface area (Å²) in [6.07, 6.45) is -44.2. The van der Waals surface area contributed by atoms with Crippen molar-refractivity contribution in [3.05, 3.63) is 0 Å². The molecule has 0 spiro atoms. The lowest BCUT2D eigenvalue weighted by atomic mass is 9.66. The van der Waals surface area contributed by atoms with Crippen LogP contribution in [0.4, 0.5) is 74.6 Å². The number of hydrogen-bond donors (Lipinski definition) is 0. The van der Waals surface area contributed by atoms with Gasteiger partial charge in [-0.15, -0.1) is 0 Å². The van der Waals surface area contributed by atoms with E-state index >= 15 is 0 Å². The highest BCUT2D eigenvalue weighted by atomic mass is 32.2. The van der Waals surface area contributed by atoms with Crippen molar-refractivity contribution in [1.29, 1.82) is 0 Å². The molecule has 0 aromatic heterocycles. The molecule has 0 aliphatic heterocycles. The van der Waals surface area contributed by atoms with Crippen molar-refractivity contribution in [2.75, 3.05) is 0 Å². The van der Waals surface area contributed by atoms with Crippen molar-refractivity contribution in [3.8, 4) is 0 Å². The van der Waals surface area contributed by atoms with Crippen LogP contribution in [0.15, 0.2) is 0 Å². The molecule has 0 N–H and O–H groups in total. The molecule has 0 aromatic carbocycles. The van der Waals surface area contributed by atoms with Crippen molar-refractivity contribution >= 4 is 10.1 Å². The van der Waals surface area contributed by atoms with E-state index in [9.17, 15) is 87.6 Å². The van der Waals surface area contributed by atoms with Crippen LogP contribution in [0.2, 0.25) is 0 Å². The summed E-state index contributed by atoms with van der Waals surface area (Å²) in [5.74, 6) is -9.20. The molecule has 0 atom stereocenters. The first kappa shape index (κ1) is 27.7. The van der Waals surface area contributed by atoms with Crippen LogP contribution in [0.25, 0.3) is 0 Å². The van der Waals surface area contributed by atoms with Gasteiger partial charge in [0.05, 0.1) is 0 Å². The summed E-state index contributed by atoms with van der Waals surface area (Å²) in [5.41, 5.74) is -9.59. The molecule has 0 aromatic rings. The van der Waals surface area contributed by atoms with E-state index in [-0.39, 0.29) is 0 Å². The Hall–Kier alpha value is -1.28. The first-order valence-electron chi connectivity index (χ1n) is 5.67. The molecule has 0 unspecified atom stereocenters. The highest BCUT2D eigenvalue weighted by Crippen LogP contribution is 2.74. The van der Waals surface area contributed by atoms with E-state index < -0.39 is 57.1 Å². The van der Waals surface area contributed by atoms with E-state index in [1.165, 1.54) is 0 Å². The molecule has 176 valence electrons. The molecule has 0 bridgehead atoms. The third-order valence-corrected chi connectivity index (χ3v) is 4.90. The van der Waals surface area contributed by atoms with E-state index in [2.05, 4.69) is 0 Å². The van der Waals surface area contributed by atoms with Crippen LogP contribution < -0.4 is 0 Å². The Morgan fingerprint density at radius 3 is 0.793 bits per heavy atom. The predicted octanol–water partition coefficient (Wildman–Crippen LogP) is 4.70. The molecule has 0 amide bonds. The Balaban J connectivity index is 8.71. The molecular weight excluding hydrogens is 499 g/mol. The first-order chi connectivity index (χ1) is 12.0. The quantitative estimate of drug-likeness (QED) is 0.418. The Labute approximate surface area is 146 Å². The maximum atomic E-state index is 13.4. The maximum Gasteiger partial charge on any atom is 0.454 e. The van der Waals surface area contributed by atoms with Gasteiger partial charge in [0.2, 0.25) is 0 Å². The molecular formula is C8F17O3S-. The second-order valence-corrected chi connectivity index (χ2v) is 6.47. The standard InChI is InChI=1S/C8HF17O3S/c9-3(10,8(23,24)25)1(4(11,12)13,5(14,15)16)2(6(17,18)19,7(20,21)22)29(26,27)28/h(H,26,27,28)/p-1. The molecule has 0 aliphatic carbocycles. The summed E-state index contributed by atoms with van der Waals surface area (Å²) in [7, 11) is -9.43. The van der Waals surface area contributed by atoms with Gasteiger partial charge in [-0.2, -0.15) is 74.6 Å². The van der Waals surface area contributed by atoms with Crippen molar-refractivity contribution < 1.29 is 87.6 Å². The molecule has 0 radical (unpaired) electrons. The largest absolute Gasteiger partial charge is 0.747 e. The van der Waals surface area contributed by atoms with Gasteiger partial charge in [-0.05, 0) is 0 Å². The fraction of sp³-hybridized carbons (Fsp3) is 1.00. The van der Waals surface area contributed by atoms with E-state index in [1.807, 2.05) is 0 Å². The summed E-state index contributed by atoms with van der Waals surface area (Å²) in [5, 5.41) is 0. The van der Waals surface area contributed by atoms with E-state index in [1.54, 1.807) is 0 Å². The number of halogens is 17. The van der Waals surface area contributed by atoms with Crippen molar-refractivity contribution in [3.63, 3.8) is 0 Å². The average Bonchev–Trinajstić information content (AvgIpc) is 2.24. The molecule has 21 heteroatoms. The summed E-state index contributed by atoms with van der Waals surface area (Å²) in [6.45, 7) is 0. The van der Waals surface area contributed by atoms with Gasteiger partial charge in [-0.3, -0.25) is 0 Å². The minimum absolute atomic E-state index is 8.52. The third-order valence-electron chi connectivity index (χ3n) is 3.38. The van der Waals surface area contributed by atoms with Gasteiger partial charge in [0, 0.05) is 0 Å². The number of alkyl halides is 17. The zero-order valence-electron chi connectivity index (χ0n) is 12.1. The summed E-state index contributed by atoms with van der Waals surface area (Å²) in [4.78, 5) is 0. The van der Waals surface area contributed by atoms with Crippen LogP contribution in [-0.4, -0.2) is 54.5 Å². The molecule has 0 heterocycles. The van der Waals surface area contributed by atoms with Crippen LogP contribution in [0, 0.1) is 5.41 Å². The molecule has 0 saturated carbocycles. The fourth-order valence-electron chi connectivity index (χ4n) is 2.41. The lowest BCUT2D eigenvalue weighted by Crippen LogP contribution is -2.85. The highest BCUT2D eigenvalue weighted by Gasteiger charge is 3.05. The minimum atomic E-state index is -9.59. The summed E-state index contributed by atoms with van der Waals surface area (Å²) < 4.78 is 240. The van der Waals surface area contributed by atoms with Gasteiger partial charge in [-0.25, -0.2) is 8.42 Å². The second-order valence-electron chi connectivity index (χ2n) is 4.95. The summed E-state index contributed by atoms with van der Waals surface area (Å²) in [6, 6.07) is 0. The topological polar surface area (TPSA) is 57.2 Å². The van der Waals surface area contributed by atoms with Crippen LogP contribution in [0.5, 0.6) is 0 Å². The average molecular weight is 499 g/mol. The van der Waals surface area contributed by atoms with Crippen LogP contribution in [0.3, 0.4) is 0 Å². The lowest BCUT2D eigenvalue weighted by molar-refractivity contribution is -0.491. The smallest absolute Gasteiger partial charge is 0.454 e. The van der Waals surface area contributed by atoms with Crippen LogP contribution >= 0.6 is 0 Å². The molecule has 3 nitrogen and oxygen atoms in total. The Morgan fingerprint density at radius 1 is 0.448 bits per heavy atom. The summed E-state index contributed by atoms with van der Waals surface area (Å²) >= 11 is 0. The van der Waals surface area contributed by atoms with Gasteiger partial charge >= 0.3 is 36.8 Å². The molecule has 0 fully saturated rings. The van der Waals surface area contributed by atoms with E-state index in [0.29, 0.717) is 0 Å². The second kappa shape index (κ2) is 6.36. The highest BCUT2D eigenvalue weighted by molar-refractivity contribution is 7.87. The zero-order chi connectivity index (χ0) is 24.5. The van der Waals surface area contributed by atoms with Crippen LogP contribution in [0.1, 0.15) is 0 Å². The van der Waals surface area contributed by atoms with Gasteiger partial charge < -0.3 is 4.55 Å². The Kier molecular flexibility index (Phi) is 6.08. The molecule has 29 heavy (non-hydrogen) atoms. The SMILES string of the molecule is O=S(=O)([O-])C(C(F)(F)F)(C(F)(F)F)C(C(F)(F)F)(C(F)(F)F)C(F)(F)C(F)(F)F. The van der Waals surface area contributed by atoms with E-state index in [0.717, 1.165) is 0 Å². The fourth-order valence-corrected chi connectivity index (χ4v) is 3.71. The van der Waals surface area contributed by atoms with Gasteiger partial charge in [0.15, 0.2) is 0 Å². The predicted molar refractivity (Wildman–Crippen MR) is 50.1 cm³/mol. The maximum absolute atomic E-state index is 13.4. The van der Waals surface area contributed by atoms with Gasteiger partial charge in [0.1, 0.15) is 10.1 Å². The van der Waals surface area contributed by atoms with Crippen molar-refractivity contribution in [1.82, 2.24) is 0 Å². The molecule has 0 aliphatic rings. The zero-order valence-corrected chi connectivity index (χ0v) is 12.9. The van der Waals surface area contributed by atoms with Crippen molar-refractivity contribution in [2.24, 2.45) is 5.41 Å². The monoisotopic (exact) mass is 499 g/mol. The first-order valence-corrected chi connectivity index (χ1v) is 7.08. The third kappa shape index (κ3) is 3.26. The van der Waals surface area contributed by atoms with Gasteiger partial charge in [0.25, 0.3) is 10.2 Å². The lowest BCUT2D eigenvalue weighted by Gasteiger charge is -2.54. The van der Waals surface area contributed by atoms with Crippen molar-refractivity contribution in [2.45, 2.75) is 41.6 Å². The minimum Gasteiger partial charge on any atom is -0.747 e.